The van der Waals surface area contributed by atoms with E-state index in [1.165, 1.54) is 12.3 Å². The van der Waals surface area contributed by atoms with Gasteiger partial charge in [0.05, 0.1) is 24.3 Å². The molecule has 0 atom stereocenters. The van der Waals surface area contributed by atoms with Crippen LogP contribution < -0.4 is 15.5 Å². The highest BCUT2D eigenvalue weighted by atomic mass is 16.6. The number of benzene rings is 3. The van der Waals surface area contributed by atoms with Crippen LogP contribution in [0.25, 0.3) is 10.8 Å². The van der Waals surface area contributed by atoms with Crippen molar-refractivity contribution >= 4 is 34.3 Å². The van der Waals surface area contributed by atoms with E-state index in [1.807, 2.05) is 42.5 Å². The summed E-state index contributed by atoms with van der Waals surface area (Å²) >= 11 is 0. The number of ether oxygens (including phenoxy) is 1. The van der Waals surface area contributed by atoms with Crippen LogP contribution >= 0.6 is 0 Å². The van der Waals surface area contributed by atoms with Gasteiger partial charge in [-0.15, -0.1) is 0 Å². The third-order valence-corrected chi connectivity index (χ3v) is 4.21. The zero-order valence-electron chi connectivity index (χ0n) is 16.2. The lowest BCUT2D eigenvalue weighted by molar-refractivity contribution is -0.386. The molecule has 0 aliphatic carbocycles. The Bertz CT molecular complexity index is 1110. The van der Waals surface area contributed by atoms with Gasteiger partial charge in [0.15, 0.2) is 5.75 Å². The van der Waals surface area contributed by atoms with Gasteiger partial charge in [0.25, 0.3) is 5.91 Å². The number of nitro groups is 1. The van der Waals surface area contributed by atoms with Crippen LogP contribution in [-0.2, 0) is 4.79 Å². The monoisotopic (exact) mass is 408 g/mol. The zero-order valence-corrected chi connectivity index (χ0v) is 16.2. The van der Waals surface area contributed by atoms with Crippen molar-refractivity contribution in [2.75, 3.05) is 18.5 Å². The fraction of sp³-hybridized carbons (Fsp3) is 0.143. The van der Waals surface area contributed by atoms with Crippen molar-refractivity contribution in [1.29, 1.82) is 0 Å². The largest absolute Gasteiger partial charge is 0.500 e. The molecule has 154 valence electrons. The average Bonchev–Trinajstić information content (AvgIpc) is 2.74. The van der Waals surface area contributed by atoms with E-state index in [2.05, 4.69) is 15.8 Å². The zero-order chi connectivity index (χ0) is 21.5. The highest BCUT2D eigenvalue weighted by Crippen LogP contribution is 2.36. The van der Waals surface area contributed by atoms with E-state index in [9.17, 15) is 20.0 Å². The summed E-state index contributed by atoms with van der Waals surface area (Å²) in [6.45, 7) is 1.91. The van der Waals surface area contributed by atoms with Crippen LogP contribution in [0.1, 0.15) is 12.5 Å². The first kappa shape index (κ1) is 20.6. The lowest BCUT2D eigenvalue weighted by atomic mass is 10.1. The molecule has 0 bridgehead atoms. The van der Waals surface area contributed by atoms with Gasteiger partial charge in [-0.25, -0.2) is 5.43 Å². The lowest BCUT2D eigenvalue weighted by Gasteiger charge is -2.09. The number of hydrogen-bond acceptors (Lipinski definition) is 7. The summed E-state index contributed by atoms with van der Waals surface area (Å²) in [4.78, 5) is 22.5. The molecule has 3 rings (SSSR count). The predicted octanol–water partition coefficient (Wildman–Crippen LogP) is 3.41. The van der Waals surface area contributed by atoms with Gasteiger partial charge in [-0.3, -0.25) is 14.9 Å². The van der Waals surface area contributed by atoms with E-state index in [-0.39, 0.29) is 18.9 Å². The van der Waals surface area contributed by atoms with Crippen LogP contribution in [-0.4, -0.2) is 35.3 Å². The first-order valence-electron chi connectivity index (χ1n) is 9.17. The molecule has 0 saturated heterocycles. The number of nitrogens with zero attached hydrogens (tertiary/aromatic N) is 2. The number of aromatic hydroxyl groups is 1. The maximum Gasteiger partial charge on any atom is 0.315 e. The molecule has 9 nitrogen and oxygen atoms in total. The van der Waals surface area contributed by atoms with Crippen LogP contribution in [0.15, 0.2) is 59.7 Å². The summed E-state index contributed by atoms with van der Waals surface area (Å²) in [6.07, 6.45) is 1.24. The molecular formula is C21H20N4O5. The minimum atomic E-state index is -0.720. The first-order chi connectivity index (χ1) is 14.5. The lowest BCUT2D eigenvalue weighted by Crippen LogP contribution is -2.25. The molecule has 0 aromatic heterocycles. The molecule has 3 aromatic rings. The Morgan fingerprint density at radius 3 is 2.77 bits per heavy atom. The van der Waals surface area contributed by atoms with Crippen LogP contribution in [0.5, 0.6) is 11.5 Å². The summed E-state index contributed by atoms with van der Waals surface area (Å²) in [7, 11) is 0. The van der Waals surface area contributed by atoms with Crippen molar-refractivity contribution in [2.45, 2.75) is 6.92 Å². The average molecular weight is 408 g/mol. The number of nitrogens with one attached hydrogen (secondary N) is 2. The maximum atomic E-state index is 12.1. The maximum absolute atomic E-state index is 12.1. The van der Waals surface area contributed by atoms with E-state index in [0.717, 1.165) is 22.5 Å². The SMILES string of the molecule is CCOc1cc(/C=N\NC(=O)CNc2cccc3ccccc23)cc([N+](=O)[O-])c1O. The van der Waals surface area contributed by atoms with Crippen molar-refractivity contribution in [2.24, 2.45) is 5.10 Å². The molecule has 0 fully saturated rings. The van der Waals surface area contributed by atoms with Crippen molar-refractivity contribution in [1.82, 2.24) is 5.43 Å². The second-order valence-electron chi connectivity index (χ2n) is 6.25. The number of carbonyl (C=O) groups is 1. The molecule has 30 heavy (non-hydrogen) atoms. The standard InChI is InChI=1S/C21H20N4O5/c1-2-30-19-11-14(10-18(21(19)27)25(28)29)12-23-24-20(26)13-22-17-9-5-7-15-6-3-4-8-16(15)17/h3-12,22,27H,2,13H2,1H3,(H,24,26)/b23-12-. The molecule has 0 aliphatic heterocycles. The van der Waals surface area contributed by atoms with E-state index < -0.39 is 22.3 Å². The van der Waals surface area contributed by atoms with Gasteiger partial charge in [-0.2, -0.15) is 5.10 Å². The highest BCUT2D eigenvalue weighted by molar-refractivity contribution is 5.95. The summed E-state index contributed by atoms with van der Waals surface area (Å²) in [5, 5.41) is 29.9. The smallest absolute Gasteiger partial charge is 0.315 e. The number of carbonyl (C=O) groups excluding carboxylic acids is 1. The number of hydrogen-bond donors (Lipinski definition) is 3. The second kappa shape index (κ2) is 9.37. The van der Waals surface area contributed by atoms with Gasteiger partial charge in [0.2, 0.25) is 5.75 Å². The normalized spacial score (nSPS) is 10.8. The molecule has 3 N–H and O–H groups in total. The minimum absolute atomic E-state index is 0.00866. The Labute approximate surface area is 172 Å². The molecule has 0 saturated carbocycles. The number of rotatable bonds is 8. The quantitative estimate of drug-likeness (QED) is 0.298. The summed E-state index contributed by atoms with van der Waals surface area (Å²) < 4.78 is 5.20. The molecule has 9 heteroatoms. The van der Waals surface area contributed by atoms with Crippen LogP contribution in [0, 0.1) is 10.1 Å². The molecule has 0 spiro atoms. The number of anilines is 1. The minimum Gasteiger partial charge on any atom is -0.500 e. The molecule has 0 radical (unpaired) electrons. The summed E-state index contributed by atoms with van der Waals surface area (Å²) in [5.41, 5.74) is 2.97. The van der Waals surface area contributed by atoms with E-state index in [4.69, 9.17) is 4.74 Å². The van der Waals surface area contributed by atoms with E-state index in [0.29, 0.717) is 5.56 Å². The van der Waals surface area contributed by atoms with Gasteiger partial charge in [0, 0.05) is 22.7 Å². The summed E-state index contributed by atoms with van der Waals surface area (Å²) in [5.74, 6) is -0.975. The van der Waals surface area contributed by atoms with Crippen LogP contribution in [0.2, 0.25) is 0 Å². The first-order valence-corrected chi connectivity index (χ1v) is 9.17. The number of phenols is 1. The van der Waals surface area contributed by atoms with Crippen LogP contribution in [0.4, 0.5) is 11.4 Å². The van der Waals surface area contributed by atoms with Gasteiger partial charge in [-0.05, 0) is 24.4 Å². The number of hydrazone groups is 1. The third-order valence-electron chi connectivity index (χ3n) is 4.21. The second-order valence-corrected chi connectivity index (χ2v) is 6.25. The van der Waals surface area contributed by atoms with Gasteiger partial charge >= 0.3 is 5.69 Å². The number of fused-ring (bicyclic) bond motifs is 1. The fourth-order valence-corrected chi connectivity index (χ4v) is 2.87. The molecule has 0 heterocycles. The van der Waals surface area contributed by atoms with E-state index in [1.54, 1.807) is 6.92 Å². The Morgan fingerprint density at radius 2 is 2.00 bits per heavy atom. The molecule has 0 unspecified atom stereocenters. The number of phenolic OH excluding ortho intramolecular Hbond substituents is 1. The molecule has 3 aromatic carbocycles. The summed E-state index contributed by atoms with van der Waals surface area (Å²) in [6, 6.07) is 16.1. The predicted molar refractivity (Wildman–Crippen MR) is 114 cm³/mol. The highest BCUT2D eigenvalue weighted by Gasteiger charge is 2.19. The Kier molecular flexibility index (Phi) is 6.43. The van der Waals surface area contributed by atoms with Crippen molar-refractivity contribution in [3.05, 3.63) is 70.3 Å². The van der Waals surface area contributed by atoms with Crippen molar-refractivity contribution in [3.63, 3.8) is 0 Å². The molecule has 1 amide bonds. The van der Waals surface area contributed by atoms with Crippen LogP contribution in [0.3, 0.4) is 0 Å². The Hall–Kier alpha value is -4.14. The number of nitro benzene ring substituents is 1. The third kappa shape index (κ3) is 4.82. The molecule has 0 aliphatic rings. The van der Waals surface area contributed by atoms with Gasteiger partial charge in [-0.1, -0.05) is 36.4 Å². The fourth-order valence-electron chi connectivity index (χ4n) is 2.87. The Balaban J connectivity index is 1.65. The van der Waals surface area contributed by atoms with Gasteiger partial charge in [0.1, 0.15) is 0 Å². The van der Waals surface area contributed by atoms with Crippen molar-refractivity contribution in [3.8, 4) is 11.5 Å². The number of amides is 1. The van der Waals surface area contributed by atoms with Crippen molar-refractivity contribution < 1.29 is 19.6 Å². The topological polar surface area (TPSA) is 126 Å². The van der Waals surface area contributed by atoms with E-state index >= 15 is 0 Å². The van der Waals surface area contributed by atoms with Gasteiger partial charge < -0.3 is 15.2 Å². The molecular weight excluding hydrogens is 388 g/mol. The Morgan fingerprint density at radius 1 is 1.23 bits per heavy atom.